The van der Waals surface area contributed by atoms with Gasteiger partial charge in [-0.25, -0.2) is 0 Å². The minimum Gasteiger partial charge on any atom is -0.456 e. The first-order valence-electron chi connectivity index (χ1n) is 30.2. The van der Waals surface area contributed by atoms with Crippen LogP contribution in [0.5, 0.6) is 0 Å². The number of fused-ring (bicyclic) bond motifs is 9. The standard InChI is InChI=1S/C50H30O/c1-2-13-34-29-36(24-23-31(34)11-1)48-39-17-5-7-19-41(39)49(42-20-8-6-18-40(42)48)44-22-10-15-33-14-9-21-38(47(33)44)35-25-27-43-46(30-35)51-45-28-26-32-12-3-4-16-37(32)50(43)45/h1-30H/i1D,2D,3D,4D,5D,6D,7D,8D,9D,10D,11D,12D,13D,14D,15D,16D,17D,18D,19D,20D,21D,22D,23D,24D,25D,26D,27D,28D,29D,30D. The van der Waals surface area contributed by atoms with E-state index in [1.165, 1.54) is 0 Å². The molecule has 0 radical (unpaired) electrons. The molecule has 0 fully saturated rings. The number of rotatable bonds is 3. The second-order valence-electron chi connectivity index (χ2n) is 11.3. The van der Waals surface area contributed by atoms with Gasteiger partial charge in [0.1, 0.15) is 11.2 Å². The van der Waals surface area contributed by atoms with E-state index in [2.05, 4.69) is 0 Å². The van der Waals surface area contributed by atoms with Crippen molar-refractivity contribution < 1.29 is 45.5 Å². The lowest BCUT2D eigenvalue weighted by atomic mass is 9.83. The van der Waals surface area contributed by atoms with Crippen LogP contribution in [0.3, 0.4) is 0 Å². The normalized spacial score (nSPS) is 20.2. The van der Waals surface area contributed by atoms with E-state index in [4.69, 9.17) is 26.3 Å². The highest BCUT2D eigenvalue weighted by atomic mass is 16.3. The summed E-state index contributed by atoms with van der Waals surface area (Å²) in [6.07, 6.45) is 0. The fourth-order valence-corrected chi connectivity index (χ4v) is 6.45. The van der Waals surface area contributed by atoms with Gasteiger partial charge in [-0.1, -0.05) is 157 Å². The molecule has 11 aromatic rings. The Labute approximate surface area is 336 Å². The van der Waals surface area contributed by atoms with Crippen LogP contribution >= 0.6 is 0 Å². The van der Waals surface area contributed by atoms with Gasteiger partial charge in [0, 0.05) is 10.8 Å². The monoisotopic (exact) mass is 676 g/mol. The second kappa shape index (κ2) is 10.9. The fraction of sp³-hybridized carbons (Fsp3) is 0. The van der Waals surface area contributed by atoms with Crippen molar-refractivity contribution in [1.29, 1.82) is 0 Å². The highest BCUT2D eigenvalue weighted by Gasteiger charge is 2.20. The van der Waals surface area contributed by atoms with Crippen LogP contribution in [0, 0.1) is 0 Å². The maximum absolute atomic E-state index is 9.78. The van der Waals surface area contributed by atoms with E-state index in [9.17, 15) is 19.2 Å². The molecule has 11 rings (SSSR count). The molecule has 0 N–H and O–H groups in total. The number of hydrogen-bond acceptors (Lipinski definition) is 1. The molecule has 0 aliphatic carbocycles. The average molecular weight is 677 g/mol. The Morgan fingerprint density at radius 2 is 0.882 bits per heavy atom. The molecule has 0 unspecified atom stereocenters. The molecule has 0 amide bonds. The van der Waals surface area contributed by atoms with Crippen molar-refractivity contribution in [3.63, 3.8) is 0 Å². The molecule has 236 valence electrons. The highest BCUT2D eigenvalue weighted by molar-refractivity contribution is 6.25. The SMILES string of the molecule is [2H]c1c([2H])c([2H])c2c([2H])c(-c3c4c([2H])c([2H])c([2H])c([2H])c4c(-c4c([2H])c([2H])c([2H])c5c([2H])c([2H])c([2H])c(-c6c([2H])c([2H])c7c(oc8c([2H])c([2H])c9c([2H])c([2H])c([2H])c([2H])c9c87)c6[2H])c45)c4c([2H])c([2H])c([2H])c([2H])c34)c([2H])c([2H])c2c1[2H]. The molecule has 0 atom stereocenters. The van der Waals surface area contributed by atoms with Crippen LogP contribution < -0.4 is 0 Å². The molecule has 0 spiro atoms. The van der Waals surface area contributed by atoms with Crippen molar-refractivity contribution >= 4 is 75.8 Å². The minimum atomic E-state index is -1.12. The number of hydrogen-bond donors (Lipinski definition) is 0. The Balaban J connectivity index is 1.45. The lowest BCUT2D eigenvalue weighted by Gasteiger charge is -2.20. The third-order valence-corrected chi connectivity index (χ3v) is 8.57. The first-order chi connectivity index (χ1) is 37.8. The summed E-state index contributed by atoms with van der Waals surface area (Å²) < 4.78 is 280. The van der Waals surface area contributed by atoms with Crippen molar-refractivity contribution in [1.82, 2.24) is 0 Å². The van der Waals surface area contributed by atoms with Crippen LogP contribution in [0.15, 0.2) is 186 Å². The van der Waals surface area contributed by atoms with Crippen LogP contribution in [0.25, 0.3) is 109 Å². The Morgan fingerprint density at radius 3 is 1.63 bits per heavy atom. The Kier molecular flexibility index (Phi) is 2.50. The molecule has 0 aliphatic rings. The molecule has 1 heterocycles. The first-order valence-corrected chi connectivity index (χ1v) is 15.2. The van der Waals surface area contributed by atoms with Crippen molar-refractivity contribution in [2.45, 2.75) is 0 Å². The van der Waals surface area contributed by atoms with Gasteiger partial charge in [0.25, 0.3) is 0 Å². The zero-order valence-electron chi connectivity index (χ0n) is 55.4. The molecule has 0 aliphatic heterocycles. The van der Waals surface area contributed by atoms with Gasteiger partial charge in [-0.3, -0.25) is 0 Å². The van der Waals surface area contributed by atoms with Crippen molar-refractivity contribution in [2.75, 3.05) is 0 Å². The third-order valence-electron chi connectivity index (χ3n) is 8.57. The molecule has 1 aromatic heterocycles. The quantitative estimate of drug-likeness (QED) is 0.170. The molecule has 1 heteroatoms. The van der Waals surface area contributed by atoms with Gasteiger partial charge < -0.3 is 4.42 Å². The Bertz CT molecular complexity index is 4840. The Morgan fingerprint density at radius 1 is 0.314 bits per heavy atom. The van der Waals surface area contributed by atoms with E-state index >= 15 is 0 Å². The topological polar surface area (TPSA) is 13.1 Å². The van der Waals surface area contributed by atoms with E-state index < -0.39 is 285 Å². The lowest BCUT2D eigenvalue weighted by Crippen LogP contribution is -1.92. The van der Waals surface area contributed by atoms with Crippen LogP contribution in [0.4, 0.5) is 0 Å². The van der Waals surface area contributed by atoms with Crippen molar-refractivity contribution in [2.24, 2.45) is 0 Å². The van der Waals surface area contributed by atoms with E-state index in [1.807, 2.05) is 0 Å². The summed E-state index contributed by atoms with van der Waals surface area (Å²) >= 11 is 0. The molecule has 0 saturated carbocycles. The summed E-state index contributed by atoms with van der Waals surface area (Å²) in [5.74, 6) is 0. The molecule has 0 bridgehead atoms. The zero-order chi connectivity index (χ0) is 59.6. The summed E-state index contributed by atoms with van der Waals surface area (Å²) in [7, 11) is 0. The van der Waals surface area contributed by atoms with Crippen LogP contribution in [-0.2, 0) is 0 Å². The van der Waals surface area contributed by atoms with Gasteiger partial charge in [0.05, 0.1) is 41.1 Å². The van der Waals surface area contributed by atoms with Crippen molar-refractivity contribution in [3.05, 3.63) is 181 Å². The molecule has 0 saturated heterocycles. The third kappa shape index (κ3) is 4.22. The van der Waals surface area contributed by atoms with Gasteiger partial charge in [0.15, 0.2) is 0 Å². The molecule has 10 aromatic carbocycles. The largest absolute Gasteiger partial charge is 0.456 e. The van der Waals surface area contributed by atoms with Gasteiger partial charge in [0.2, 0.25) is 0 Å². The summed E-state index contributed by atoms with van der Waals surface area (Å²) in [6, 6.07) is -28.6. The molecule has 1 nitrogen and oxygen atoms in total. The molecular formula is C50H30O. The first kappa shape index (κ1) is 11.7. The maximum atomic E-state index is 9.78. The van der Waals surface area contributed by atoms with Gasteiger partial charge in [-0.15, -0.1) is 0 Å². The summed E-state index contributed by atoms with van der Waals surface area (Å²) in [4.78, 5) is 0. The van der Waals surface area contributed by atoms with E-state index in [-0.39, 0.29) is 5.39 Å². The van der Waals surface area contributed by atoms with E-state index in [1.54, 1.807) is 0 Å². The second-order valence-corrected chi connectivity index (χ2v) is 11.3. The summed E-state index contributed by atoms with van der Waals surface area (Å²) in [5.41, 5.74) is -6.30. The average Bonchev–Trinajstić information content (AvgIpc) is 3.95. The minimum absolute atomic E-state index is 0.385. The molecular weight excluding hydrogens is 617 g/mol. The van der Waals surface area contributed by atoms with Crippen LogP contribution in [-0.4, -0.2) is 0 Å². The lowest BCUT2D eigenvalue weighted by molar-refractivity contribution is 0.669. The molecule has 51 heavy (non-hydrogen) atoms. The maximum Gasteiger partial charge on any atom is 0.136 e. The van der Waals surface area contributed by atoms with E-state index in [0.29, 0.717) is 0 Å². The van der Waals surface area contributed by atoms with E-state index in [0.717, 1.165) is 0 Å². The summed E-state index contributed by atoms with van der Waals surface area (Å²) in [5, 5.41) is -7.90. The predicted molar refractivity (Wildman–Crippen MR) is 218 cm³/mol. The predicted octanol–water partition coefficient (Wildman–Crippen LogP) is 14.4. The van der Waals surface area contributed by atoms with Crippen molar-refractivity contribution in [3.8, 4) is 33.4 Å². The zero-order valence-corrected chi connectivity index (χ0v) is 25.4. The Hall–Kier alpha value is -6.70. The van der Waals surface area contributed by atoms with Crippen LogP contribution in [0.1, 0.15) is 41.1 Å². The number of furan rings is 1. The van der Waals surface area contributed by atoms with Gasteiger partial charge in [-0.2, -0.15) is 0 Å². The van der Waals surface area contributed by atoms with Crippen LogP contribution in [0.2, 0.25) is 0 Å². The van der Waals surface area contributed by atoms with Gasteiger partial charge >= 0.3 is 0 Å². The van der Waals surface area contributed by atoms with Gasteiger partial charge in [-0.05, 0) is 111 Å². The smallest absolute Gasteiger partial charge is 0.136 e. The number of benzene rings is 10. The summed E-state index contributed by atoms with van der Waals surface area (Å²) in [6.45, 7) is 0. The fourth-order valence-electron chi connectivity index (χ4n) is 6.45. The highest BCUT2D eigenvalue weighted by Crippen LogP contribution is 2.47.